The lowest BCUT2D eigenvalue weighted by atomic mass is 10.7. The maximum absolute atomic E-state index is 4.35. The Morgan fingerprint density at radius 3 is 3.00 bits per heavy atom. The molecule has 0 saturated carbocycles. The zero-order chi connectivity index (χ0) is 12.8. The van der Waals surface area contributed by atoms with Gasteiger partial charge in [-0.1, -0.05) is 17.8 Å². The van der Waals surface area contributed by atoms with E-state index >= 15 is 0 Å². The van der Waals surface area contributed by atoms with Crippen molar-refractivity contribution < 1.29 is 0 Å². The van der Waals surface area contributed by atoms with Crippen LogP contribution >= 0.6 is 11.8 Å². The Bertz CT molecular complexity index is 510. The molecule has 18 heavy (non-hydrogen) atoms. The molecule has 0 aliphatic heterocycles. The number of hydrogen-bond acceptors (Lipinski definition) is 6. The Morgan fingerprint density at radius 1 is 1.44 bits per heavy atom. The molecule has 0 fully saturated rings. The van der Waals surface area contributed by atoms with Crippen molar-refractivity contribution in [3.8, 4) is 5.95 Å². The van der Waals surface area contributed by atoms with Crippen molar-refractivity contribution in [2.24, 2.45) is 0 Å². The molecule has 0 aliphatic rings. The third kappa shape index (κ3) is 3.07. The smallest absolute Gasteiger partial charge is 0.256 e. The Labute approximate surface area is 110 Å². The van der Waals surface area contributed by atoms with Gasteiger partial charge in [0.2, 0.25) is 5.95 Å². The van der Waals surface area contributed by atoms with Gasteiger partial charge >= 0.3 is 0 Å². The number of nitrogens with one attached hydrogen (secondary N) is 1. The summed E-state index contributed by atoms with van der Waals surface area (Å²) in [6.45, 7) is 6.43. The molecule has 0 aromatic carbocycles. The maximum Gasteiger partial charge on any atom is 0.256 e. The quantitative estimate of drug-likeness (QED) is 0.632. The molecule has 0 radical (unpaired) electrons. The SMILES string of the molecule is C=CCSc1nc(NCC)nc(-n2cccn2)n1. The number of anilines is 1. The van der Waals surface area contributed by atoms with Crippen molar-refractivity contribution >= 4 is 17.7 Å². The first-order chi connectivity index (χ1) is 8.83. The highest BCUT2D eigenvalue weighted by molar-refractivity contribution is 7.99. The first-order valence-electron chi connectivity index (χ1n) is 5.57. The Kier molecular flexibility index (Phi) is 4.30. The van der Waals surface area contributed by atoms with E-state index in [1.165, 1.54) is 11.8 Å². The van der Waals surface area contributed by atoms with Crippen LogP contribution in [0.15, 0.2) is 36.3 Å². The number of rotatable bonds is 6. The second-order valence-electron chi connectivity index (χ2n) is 3.32. The lowest BCUT2D eigenvalue weighted by Crippen LogP contribution is -2.09. The summed E-state index contributed by atoms with van der Waals surface area (Å²) in [6.07, 6.45) is 5.30. The van der Waals surface area contributed by atoms with E-state index in [1.54, 1.807) is 17.1 Å². The second-order valence-corrected chi connectivity index (χ2v) is 4.31. The fourth-order valence-electron chi connectivity index (χ4n) is 1.27. The molecular weight excluding hydrogens is 248 g/mol. The molecule has 1 N–H and O–H groups in total. The third-order valence-electron chi connectivity index (χ3n) is 1.98. The largest absolute Gasteiger partial charge is 0.354 e. The van der Waals surface area contributed by atoms with Gasteiger partial charge in [-0.15, -0.1) is 6.58 Å². The van der Waals surface area contributed by atoms with Gasteiger partial charge in [0.1, 0.15) is 0 Å². The minimum Gasteiger partial charge on any atom is -0.354 e. The molecule has 2 aromatic heterocycles. The highest BCUT2D eigenvalue weighted by Crippen LogP contribution is 2.15. The predicted octanol–water partition coefficient (Wildman–Crippen LogP) is 1.77. The summed E-state index contributed by atoms with van der Waals surface area (Å²) in [7, 11) is 0. The van der Waals surface area contributed by atoms with Crippen molar-refractivity contribution in [3.05, 3.63) is 31.1 Å². The van der Waals surface area contributed by atoms with Gasteiger partial charge in [0.25, 0.3) is 5.95 Å². The Balaban J connectivity index is 2.33. The van der Waals surface area contributed by atoms with Crippen LogP contribution in [0.1, 0.15) is 6.92 Å². The maximum atomic E-state index is 4.35. The summed E-state index contributed by atoms with van der Waals surface area (Å²) >= 11 is 1.51. The van der Waals surface area contributed by atoms with Crippen LogP contribution in [-0.4, -0.2) is 37.0 Å². The molecule has 0 spiro atoms. The third-order valence-corrected chi connectivity index (χ3v) is 2.82. The topological polar surface area (TPSA) is 68.5 Å². The lowest BCUT2D eigenvalue weighted by molar-refractivity contribution is 0.760. The molecule has 0 unspecified atom stereocenters. The van der Waals surface area contributed by atoms with Crippen LogP contribution in [0, 0.1) is 0 Å². The minimum absolute atomic E-state index is 0.512. The minimum atomic E-state index is 0.512. The number of aromatic nitrogens is 5. The Hall–Kier alpha value is -1.89. The van der Waals surface area contributed by atoms with E-state index < -0.39 is 0 Å². The van der Waals surface area contributed by atoms with Crippen molar-refractivity contribution in [3.63, 3.8) is 0 Å². The normalized spacial score (nSPS) is 10.3. The molecule has 0 bridgehead atoms. The van der Waals surface area contributed by atoms with Crippen LogP contribution in [0.3, 0.4) is 0 Å². The van der Waals surface area contributed by atoms with Crippen LogP contribution in [0.2, 0.25) is 0 Å². The molecule has 94 valence electrons. The molecule has 2 aromatic rings. The van der Waals surface area contributed by atoms with E-state index in [1.807, 2.05) is 19.1 Å². The monoisotopic (exact) mass is 262 g/mol. The van der Waals surface area contributed by atoms with Gasteiger partial charge < -0.3 is 5.32 Å². The number of hydrogen-bond donors (Lipinski definition) is 1. The molecular formula is C11H14N6S. The molecule has 2 rings (SSSR count). The average molecular weight is 262 g/mol. The molecule has 0 aliphatic carbocycles. The van der Waals surface area contributed by atoms with Gasteiger partial charge in [-0.05, 0) is 13.0 Å². The Morgan fingerprint density at radius 2 is 2.33 bits per heavy atom. The van der Waals surface area contributed by atoms with Crippen molar-refractivity contribution in [2.75, 3.05) is 17.6 Å². The standard InChI is InChI=1S/C11H14N6S/c1-3-8-18-11-15-9(12-4-2)14-10(16-11)17-7-5-6-13-17/h3,5-7H,1,4,8H2,2H3,(H,12,14,15,16). The molecule has 6 nitrogen and oxygen atoms in total. The number of thioether (sulfide) groups is 1. The van der Waals surface area contributed by atoms with Gasteiger partial charge in [0, 0.05) is 24.7 Å². The summed E-state index contributed by atoms with van der Waals surface area (Å²) in [4.78, 5) is 13.0. The summed E-state index contributed by atoms with van der Waals surface area (Å²) in [5.74, 6) is 1.83. The van der Waals surface area contributed by atoms with E-state index in [2.05, 4.69) is 31.9 Å². The van der Waals surface area contributed by atoms with E-state index in [4.69, 9.17) is 0 Å². The number of nitrogens with zero attached hydrogens (tertiary/aromatic N) is 5. The molecule has 0 atom stereocenters. The van der Waals surface area contributed by atoms with Crippen LogP contribution in [0.25, 0.3) is 5.95 Å². The molecule has 2 heterocycles. The average Bonchev–Trinajstić information content (AvgIpc) is 2.90. The summed E-state index contributed by atoms with van der Waals surface area (Å²) in [5.41, 5.74) is 0. The second kappa shape index (κ2) is 6.15. The molecule has 7 heteroatoms. The molecule has 0 saturated heterocycles. The van der Waals surface area contributed by atoms with Crippen molar-refractivity contribution in [1.29, 1.82) is 0 Å². The van der Waals surface area contributed by atoms with Gasteiger partial charge in [0.15, 0.2) is 5.16 Å². The van der Waals surface area contributed by atoms with Crippen LogP contribution < -0.4 is 5.32 Å². The fraction of sp³-hybridized carbons (Fsp3) is 0.273. The van der Waals surface area contributed by atoms with Crippen molar-refractivity contribution in [2.45, 2.75) is 12.1 Å². The van der Waals surface area contributed by atoms with E-state index in [9.17, 15) is 0 Å². The lowest BCUT2D eigenvalue weighted by Gasteiger charge is -2.06. The van der Waals surface area contributed by atoms with Gasteiger partial charge in [-0.25, -0.2) is 4.68 Å². The van der Waals surface area contributed by atoms with E-state index in [0.29, 0.717) is 17.1 Å². The van der Waals surface area contributed by atoms with Crippen LogP contribution in [0.4, 0.5) is 5.95 Å². The van der Waals surface area contributed by atoms with E-state index in [-0.39, 0.29) is 0 Å². The highest BCUT2D eigenvalue weighted by atomic mass is 32.2. The van der Waals surface area contributed by atoms with Gasteiger partial charge in [-0.3, -0.25) is 0 Å². The fourth-order valence-corrected chi connectivity index (χ4v) is 1.83. The first kappa shape index (κ1) is 12.6. The zero-order valence-corrected chi connectivity index (χ0v) is 10.9. The van der Waals surface area contributed by atoms with Gasteiger partial charge in [-0.2, -0.15) is 20.1 Å². The highest BCUT2D eigenvalue weighted by Gasteiger charge is 2.07. The summed E-state index contributed by atoms with van der Waals surface area (Å²) in [6, 6.07) is 1.83. The van der Waals surface area contributed by atoms with Crippen LogP contribution in [-0.2, 0) is 0 Å². The first-order valence-corrected chi connectivity index (χ1v) is 6.55. The zero-order valence-electron chi connectivity index (χ0n) is 10.1. The van der Waals surface area contributed by atoms with Crippen LogP contribution in [0.5, 0.6) is 0 Å². The van der Waals surface area contributed by atoms with E-state index in [0.717, 1.165) is 12.3 Å². The van der Waals surface area contributed by atoms with Gasteiger partial charge in [0.05, 0.1) is 0 Å². The molecule has 0 amide bonds. The van der Waals surface area contributed by atoms with Crippen molar-refractivity contribution in [1.82, 2.24) is 24.7 Å². The summed E-state index contributed by atoms with van der Waals surface area (Å²) in [5, 5.41) is 7.86. The predicted molar refractivity (Wildman–Crippen MR) is 72.0 cm³/mol. The summed E-state index contributed by atoms with van der Waals surface area (Å²) < 4.78 is 1.61.